The Morgan fingerprint density at radius 3 is 2.00 bits per heavy atom. The average molecular weight is 353 g/mol. The molecule has 122 valence electrons. The maximum absolute atomic E-state index is 12.3. The lowest BCUT2D eigenvalue weighted by atomic mass is 10.1. The fourth-order valence-corrected chi connectivity index (χ4v) is 3.70. The van der Waals surface area contributed by atoms with Crippen molar-refractivity contribution in [3.63, 3.8) is 0 Å². The summed E-state index contributed by atoms with van der Waals surface area (Å²) in [7, 11) is -7.43. The minimum atomic E-state index is -3.93. The molecule has 0 spiro atoms. The minimum absolute atomic E-state index is 0.0766. The quantitative estimate of drug-likeness (QED) is 0.830. The number of carbonyl (C=O) groups is 1. The van der Waals surface area contributed by atoms with Crippen molar-refractivity contribution in [1.82, 2.24) is 0 Å². The van der Waals surface area contributed by atoms with E-state index in [0.29, 0.717) is 5.56 Å². The van der Waals surface area contributed by atoms with Crippen molar-refractivity contribution in [2.24, 2.45) is 0 Å². The van der Waals surface area contributed by atoms with E-state index in [1.165, 1.54) is 49.4 Å². The van der Waals surface area contributed by atoms with E-state index in [0.717, 1.165) is 12.3 Å². The third-order valence-corrected chi connectivity index (χ3v) is 5.58. The predicted octanol–water partition coefficient (Wildman–Crippen LogP) is 2.09. The molecule has 0 bridgehead atoms. The molecule has 0 aromatic heterocycles. The largest absolute Gasteiger partial charge is 0.295 e. The van der Waals surface area contributed by atoms with Crippen LogP contribution in [-0.4, -0.2) is 28.9 Å². The Labute approximate surface area is 135 Å². The summed E-state index contributed by atoms with van der Waals surface area (Å²) in [6.07, 6.45) is 1.01. The summed E-state index contributed by atoms with van der Waals surface area (Å²) in [6.45, 7) is 1.41. The lowest BCUT2D eigenvalue weighted by molar-refractivity contribution is 0.101. The van der Waals surface area contributed by atoms with E-state index in [1.807, 2.05) is 0 Å². The zero-order chi connectivity index (χ0) is 17.3. The molecule has 0 unspecified atom stereocenters. The Kier molecular flexibility index (Phi) is 4.58. The van der Waals surface area contributed by atoms with Gasteiger partial charge in [0.05, 0.1) is 9.79 Å². The Hall–Kier alpha value is -2.19. The summed E-state index contributed by atoms with van der Waals surface area (Å²) in [5.74, 6) is -0.125. The molecule has 0 saturated heterocycles. The first-order valence-corrected chi connectivity index (χ1v) is 9.91. The number of benzene rings is 2. The molecule has 0 aliphatic carbocycles. The van der Waals surface area contributed by atoms with Gasteiger partial charge in [-0.05, 0) is 49.4 Å². The second-order valence-electron chi connectivity index (χ2n) is 4.99. The second kappa shape index (κ2) is 6.13. The molecule has 0 aliphatic rings. The molecule has 0 saturated carbocycles. The van der Waals surface area contributed by atoms with E-state index in [4.69, 9.17) is 0 Å². The first-order valence-electron chi connectivity index (χ1n) is 6.53. The van der Waals surface area contributed by atoms with Crippen LogP contribution in [0.4, 0.5) is 5.69 Å². The van der Waals surface area contributed by atoms with E-state index in [2.05, 4.69) is 4.72 Å². The standard InChI is InChI=1S/C15H15NO5S2/c1-11(17)12-6-8-13(9-7-12)16-23(20,21)15-5-3-4-14(10-15)22(2,18)19/h3-10,16H,1-2H3. The van der Waals surface area contributed by atoms with Crippen LogP contribution < -0.4 is 4.72 Å². The normalized spacial score (nSPS) is 11.9. The number of Topliss-reactive ketones (excluding diaryl/α,β-unsaturated/α-hetero) is 1. The van der Waals surface area contributed by atoms with Crippen LogP contribution in [0.25, 0.3) is 0 Å². The summed E-state index contributed by atoms with van der Waals surface area (Å²) in [5.41, 5.74) is 0.742. The van der Waals surface area contributed by atoms with Gasteiger partial charge < -0.3 is 0 Å². The number of sulfone groups is 1. The highest BCUT2D eigenvalue weighted by molar-refractivity contribution is 7.93. The molecule has 0 aliphatic heterocycles. The first kappa shape index (κ1) is 17.2. The summed E-state index contributed by atoms with van der Waals surface area (Å²) in [4.78, 5) is 11.0. The van der Waals surface area contributed by atoms with Gasteiger partial charge in [0.25, 0.3) is 10.0 Å². The van der Waals surface area contributed by atoms with Crippen molar-refractivity contribution in [3.05, 3.63) is 54.1 Å². The van der Waals surface area contributed by atoms with Gasteiger partial charge in [-0.15, -0.1) is 0 Å². The van der Waals surface area contributed by atoms with Crippen LogP contribution in [0.3, 0.4) is 0 Å². The maximum Gasteiger partial charge on any atom is 0.261 e. The minimum Gasteiger partial charge on any atom is -0.295 e. The molecular weight excluding hydrogens is 338 g/mol. The Bertz CT molecular complexity index is 946. The molecule has 2 rings (SSSR count). The number of hydrogen-bond donors (Lipinski definition) is 1. The molecule has 23 heavy (non-hydrogen) atoms. The summed E-state index contributed by atoms with van der Waals surface area (Å²) in [5, 5.41) is 0. The van der Waals surface area contributed by atoms with Gasteiger partial charge in [0, 0.05) is 17.5 Å². The topological polar surface area (TPSA) is 97.4 Å². The van der Waals surface area contributed by atoms with E-state index in [1.54, 1.807) is 0 Å². The van der Waals surface area contributed by atoms with Gasteiger partial charge in [-0.2, -0.15) is 0 Å². The van der Waals surface area contributed by atoms with Gasteiger partial charge in [-0.3, -0.25) is 9.52 Å². The molecule has 0 atom stereocenters. The van der Waals surface area contributed by atoms with Crippen molar-refractivity contribution in [2.45, 2.75) is 16.7 Å². The molecule has 8 heteroatoms. The van der Waals surface area contributed by atoms with Crippen molar-refractivity contribution < 1.29 is 21.6 Å². The van der Waals surface area contributed by atoms with Crippen LogP contribution >= 0.6 is 0 Å². The molecule has 0 fully saturated rings. The number of nitrogens with one attached hydrogen (secondary N) is 1. The lowest BCUT2D eigenvalue weighted by Gasteiger charge is -2.09. The fourth-order valence-electron chi connectivity index (χ4n) is 1.86. The fraction of sp³-hybridized carbons (Fsp3) is 0.133. The van der Waals surface area contributed by atoms with Gasteiger partial charge in [-0.25, -0.2) is 16.8 Å². The molecule has 6 nitrogen and oxygen atoms in total. The van der Waals surface area contributed by atoms with Crippen LogP contribution in [0.1, 0.15) is 17.3 Å². The van der Waals surface area contributed by atoms with Crippen molar-refractivity contribution >= 4 is 31.3 Å². The van der Waals surface area contributed by atoms with Gasteiger partial charge in [0.15, 0.2) is 15.6 Å². The highest BCUT2D eigenvalue weighted by Crippen LogP contribution is 2.19. The van der Waals surface area contributed by atoms with Crippen LogP contribution in [0, 0.1) is 0 Å². The Morgan fingerprint density at radius 2 is 1.48 bits per heavy atom. The first-order chi connectivity index (χ1) is 10.6. The zero-order valence-corrected chi connectivity index (χ0v) is 14.1. The monoisotopic (exact) mass is 353 g/mol. The van der Waals surface area contributed by atoms with Crippen LogP contribution in [-0.2, 0) is 19.9 Å². The zero-order valence-electron chi connectivity index (χ0n) is 12.5. The number of rotatable bonds is 5. The molecule has 0 amide bonds. The lowest BCUT2D eigenvalue weighted by Crippen LogP contribution is -2.13. The highest BCUT2D eigenvalue weighted by atomic mass is 32.2. The van der Waals surface area contributed by atoms with Gasteiger partial charge in [0.2, 0.25) is 0 Å². The van der Waals surface area contributed by atoms with Crippen LogP contribution in [0.15, 0.2) is 58.3 Å². The Morgan fingerprint density at radius 1 is 0.913 bits per heavy atom. The maximum atomic E-state index is 12.3. The van der Waals surface area contributed by atoms with Gasteiger partial charge in [-0.1, -0.05) is 6.07 Å². The average Bonchev–Trinajstić information content (AvgIpc) is 2.46. The third kappa shape index (κ3) is 4.17. The van der Waals surface area contributed by atoms with E-state index in [9.17, 15) is 21.6 Å². The number of carbonyl (C=O) groups excluding carboxylic acids is 1. The van der Waals surface area contributed by atoms with Crippen LogP contribution in [0.5, 0.6) is 0 Å². The van der Waals surface area contributed by atoms with Crippen LogP contribution in [0.2, 0.25) is 0 Å². The summed E-state index contributed by atoms with van der Waals surface area (Å²) >= 11 is 0. The molecule has 2 aromatic carbocycles. The number of ketones is 1. The smallest absolute Gasteiger partial charge is 0.261 e. The summed E-state index contributed by atoms with van der Waals surface area (Å²) in [6, 6.07) is 11.0. The number of anilines is 1. The predicted molar refractivity (Wildman–Crippen MR) is 86.8 cm³/mol. The third-order valence-electron chi connectivity index (χ3n) is 3.09. The molecular formula is C15H15NO5S2. The van der Waals surface area contributed by atoms with Crippen molar-refractivity contribution in [3.8, 4) is 0 Å². The Balaban J connectivity index is 2.34. The van der Waals surface area contributed by atoms with Crippen molar-refractivity contribution in [2.75, 3.05) is 11.0 Å². The molecule has 2 aromatic rings. The SMILES string of the molecule is CC(=O)c1ccc(NS(=O)(=O)c2cccc(S(C)(=O)=O)c2)cc1. The van der Waals surface area contributed by atoms with Gasteiger partial charge in [0.1, 0.15) is 0 Å². The number of hydrogen-bond acceptors (Lipinski definition) is 5. The molecule has 1 N–H and O–H groups in total. The van der Waals surface area contributed by atoms with E-state index < -0.39 is 19.9 Å². The summed E-state index contributed by atoms with van der Waals surface area (Å²) < 4.78 is 50.0. The molecule has 0 heterocycles. The number of sulfonamides is 1. The van der Waals surface area contributed by atoms with E-state index >= 15 is 0 Å². The highest BCUT2D eigenvalue weighted by Gasteiger charge is 2.17. The second-order valence-corrected chi connectivity index (χ2v) is 8.68. The van der Waals surface area contributed by atoms with Crippen molar-refractivity contribution in [1.29, 1.82) is 0 Å². The van der Waals surface area contributed by atoms with E-state index in [-0.39, 0.29) is 21.3 Å². The molecule has 0 radical (unpaired) electrons. The van der Waals surface area contributed by atoms with Gasteiger partial charge >= 0.3 is 0 Å².